The normalized spacial score (nSPS) is 13.4. The number of anilines is 1. The SMILES string of the molecule is N#Cc1ccc(Cc2ncc(CNc3ccccc3-c3ccc(C(=O)N4CCCCC4)o3)[nH]2)cc1. The average molecular weight is 466 g/mol. The number of likely N-dealkylation sites (tertiary alicyclic amines) is 1. The number of aromatic nitrogens is 2. The molecule has 0 aliphatic carbocycles. The predicted molar refractivity (Wildman–Crippen MR) is 134 cm³/mol. The molecule has 2 aromatic carbocycles. The van der Waals surface area contributed by atoms with E-state index < -0.39 is 0 Å². The van der Waals surface area contributed by atoms with Gasteiger partial charge in [0.1, 0.15) is 11.6 Å². The van der Waals surface area contributed by atoms with Crippen LogP contribution in [0.4, 0.5) is 5.69 Å². The number of carbonyl (C=O) groups excluding carboxylic acids is 1. The lowest BCUT2D eigenvalue weighted by Crippen LogP contribution is -2.35. The Morgan fingerprint density at radius 1 is 1.06 bits per heavy atom. The maximum atomic E-state index is 12.8. The van der Waals surface area contributed by atoms with E-state index in [2.05, 4.69) is 21.4 Å². The number of amides is 1. The number of nitriles is 1. The van der Waals surface area contributed by atoms with Gasteiger partial charge in [0.25, 0.3) is 5.91 Å². The number of benzene rings is 2. The fourth-order valence-corrected chi connectivity index (χ4v) is 4.37. The van der Waals surface area contributed by atoms with Crippen molar-refractivity contribution in [3.63, 3.8) is 0 Å². The first-order valence-electron chi connectivity index (χ1n) is 11.9. The topological polar surface area (TPSA) is 97.9 Å². The zero-order valence-corrected chi connectivity index (χ0v) is 19.5. The maximum Gasteiger partial charge on any atom is 0.289 e. The van der Waals surface area contributed by atoms with Crippen molar-refractivity contribution in [1.29, 1.82) is 5.26 Å². The summed E-state index contributed by atoms with van der Waals surface area (Å²) in [6.07, 6.45) is 5.78. The van der Waals surface area contributed by atoms with E-state index in [1.165, 1.54) is 6.42 Å². The standard InChI is InChI=1S/C28H27N5O2/c29-17-21-10-8-20(9-11-21)16-27-31-19-22(32-27)18-30-24-7-3-2-6-23(24)25-12-13-26(35-25)28(34)33-14-4-1-5-15-33/h2-3,6-13,19,30H,1,4-5,14-16,18H2,(H,31,32). The van der Waals surface area contributed by atoms with Crippen molar-refractivity contribution in [3.05, 3.63) is 95.3 Å². The van der Waals surface area contributed by atoms with Crippen LogP contribution >= 0.6 is 0 Å². The molecular formula is C28H27N5O2. The molecule has 1 aliphatic heterocycles. The van der Waals surface area contributed by atoms with Crippen molar-refractivity contribution in [2.75, 3.05) is 18.4 Å². The number of aromatic amines is 1. The summed E-state index contributed by atoms with van der Waals surface area (Å²) < 4.78 is 5.99. The van der Waals surface area contributed by atoms with Crippen LogP contribution in [0.15, 0.2) is 71.3 Å². The van der Waals surface area contributed by atoms with Crippen molar-refractivity contribution in [2.24, 2.45) is 0 Å². The molecular weight excluding hydrogens is 438 g/mol. The highest BCUT2D eigenvalue weighted by Gasteiger charge is 2.22. The summed E-state index contributed by atoms with van der Waals surface area (Å²) in [5, 5.41) is 12.4. The third-order valence-corrected chi connectivity index (χ3v) is 6.26. The zero-order valence-electron chi connectivity index (χ0n) is 19.5. The molecule has 1 aliphatic rings. The quantitative estimate of drug-likeness (QED) is 0.382. The van der Waals surface area contributed by atoms with E-state index in [0.717, 1.165) is 54.3 Å². The maximum absolute atomic E-state index is 12.8. The molecule has 1 fully saturated rings. The van der Waals surface area contributed by atoms with Crippen LogP contribution < -0.4 is 5.32 Å². The van der Waals surface area contributed by atoms with Gasteiger partial charge >= 0.3 is 0 Å². The highest BCUT2D eigenvalue weighted by molar-refractivity contribution is 5.92. The summed E-state index contributed by atoms with van der Waals surface area (Å²) in [7, 11) is 0. The van der Waals surface area contributed by atoms with E-state index in [-0.39, 0.29) is 5.91 Å². The molecule has 4 aromatic rings. The summed E-state index contributed by atoms with van der Waals surface area (Å²) in [5.74, 6) is 1.89. The molecule has 2 aromatic heterocycles. The number of hydrogen-bond acceptors (Lipinski definition) is 5. The Hall–Kier alpha value is -4.31. The van der Waals surface area contributed by atoms with E-state index in [4.69, 9.17) is 9.68 Å². The Balaban J connectivity index is 1.24. The first-order chi connectivity index (χ1) is 17.2. The number of para-hydroxylation sites is 1. The highest BCUT2D eigenvalue weighted by atomic mass is 16.4. The van der Waals surface area contributed by atoms with Gasteiger partial charge in [0, 0.05) is 30.8 Å². The minimum Gasteiger partial charge on any atom is -0.451 e. The lowest BCUT2D eigenvalue weighted by atomic mass is 10.1. The van der Waals surface area contributed by atoms with Gasteiger partial charge in [-0.2, -0.15) is 5.26 Å². The molecule has 0 radical (unpaired) electrons. The van der Waals surface area contributed by atoms with Crippen LogP contribution in [0.1, 0.15) is 52.5 Å². The van der Waals surface area contributed by atoms with Gasteiger partial charge < -0.3 is 19.6 Å². The number of piperidine rings is 1. The molecule has 7 heteroatoms. The van der Waals surface area contributed by atoms with Crippen LogP contribution in [0.2, 0.25) is 0 Å². The number of imidazole rings is 1. The molecule has 0 unspecified atom stereocenters. The van der Waals surface area contributed by atoms with Crippen molar-refractivity contribution in [3.8, 4) is 17.4 Å². The van der Waals surface area contributed by atoms with E-state index >= 15 is 0 Å². The van der Waals surface area contributed by atoms with Gasteiger partial charge in [-0.15, -0.1) is 0 Å². The number of H-pyrrole nitrogens is 1. The fraction of sp³-hybridized carbons (Fsp3) is 0.250. The second kappa shape index (κ2) is 10.3. The Kier molecular flexibility index (Phi) is 6.62. The Labute approximate surface area is 204 Å². The molecule has 0 atom stereocenters. The van der Waals surface area contributed by atoms with Gasteiger partial charge in [0.15, 0.2) is 5.76 Å². The molecule has 5 rings (SSSR count). The van der Waals surface area contributed by atoms with E-state index in [0.29, 0.717) is 30.0 Å². The van der Waals surface area contributed by atoms with Crippen LogP contribution in [0.3, 0.4) is 0 Å². The Bertz CT molecular complexity index is 1340. The lowest BCUT2D eigenvalue weighted by Gasteiger charge is -2.25. The van der Waals surface area contributed by atoms with Crippen LogP contribution in [-0.2, 0) is 13.0 Å². The van der Waals surface area contributed by atoms with E-state index in [9.17, 15) is 4.79 Å². The summed E-state index contributed by atoms with van der Waals surface area (Å²) in [6.45, 7) is 2.16. The van der Waals surface area contributed by atoms with Crippen molar-refractivity contribution < 1.29 is 9.21 Å². The summed E-state index contributed by atoms with van der Waals surface area (Å²) in [5.41, 5.74) is 4.53. The monoisotopic (exact) mass is 465 g/mol. The molecule has 3 heterocycles. The second-order valence-electron chi connectivity index (χ2n) is 8.76. The average Bonchev–Trinajstić information content (AvgIpc) is 3.58. The Morgan fingerprint density at radius 3 is 2.66 bits per heavy atom. The smallest absolute Gasteiger partial charge is 0.289 e. The largest absolute Gasteiger partial charge is 0.451 e. The summed E-state index contributed by atoms with van der Waals surface area (Å²) >= 11 is 0. The van der Waals surface area contributed by atoms with Gasteiger partial charge in [0.2, 0.25) is 0 Å². The van der Waals surface area contributed by atoms with Gasteiger partial charge in [-0.1, -0.05) is 24.3 Å². The first kappa shape index (κ1) is 22.5. The van der Waals surface area contributed by atoms with Gasteiger partial charge in [-0.25, -0.2) is 4.98 Å². The minimum atomic E-state index is -0.0337. The third-order valence-electron chi connectivity index (χ3n) is 6.26. The Morgan fingerprint density at radius 2 is 1.86 bits per heavy atom. The minimum absolute atomic E-state index is 0.0337. The van der Waals surface area contributed by atoms with Crippen LogP contribution in [-0.4, -0.2) is 33.9 Å². The zero-order chi connectivity index (χ0) is 24.0. The van der Waals surface area contributed by atoms with Gasteiger partial charge in [-0.3, -0.25) is 4.79 Å². The molecule has 2 N–H and O–H groups in total. The molecule has 0 spiro atoms. The highest BCUT2D eigenvalue weighted by Crippen LogP contribution is 2.30. The number of furan rings is 1. The lowest BCUT2D eigenvalue weighted by molar-refractivity contribution is 0.0693. The third kappa shape index (κ3) is 5.28. The number of carbonyl (C=O) groups is 1. The summed E-state index contributed by atoms with van der Waals surface area (Å²) in [4.78, 5) is 22.5. The fourth-order valence-electron chi connectivity index (χ4n) is 4.37. The van der Waals surface area contributed by atoms with E-state index in [1.807, 2.05) is 65.7 Å². The molecule has 7 nitrogen and oxygen atoms in total. The molecule has 1 amide bonds. The number of nitrogens with zero attached hydrogens (tertiary/aromatic N) is 3. The second-order valence-corrected chi connectivity index (χ2v) is 8.76. The number of rotatable bonds is 7. The number of hydrogen-bond donors (Lipinski definition) is 2. The van der Waals surface area contributed by atoms with Crippen molar-refractivity contribution in [2.45, 2.75) is 32.2 Å². The summed E-state index contributed by atoms with van der Waals surface area (Å²) in [6, 6.07) is 21.2. The molecule has 1 saturated heterocycles. The van der Waals surface area contributed by atoms with Crippen molar-refractivity contribution >= 4 is 11.6 Å². The van der Waals surface area contributed by atoms with E-state index in [1.54, 1.807) is 6.07 Å². The van der Waals surface area contributed by atoms with Crippen molar-refractivity contribution in [1.82, 2.24) is 14.9 Å². The van der Waals surface area contributed by atoms with Gasteiger partial charge in [-0.05, 0) is 61.2 Å². The molecule has 0 bridgehead atoms. The number of nitrogens with one attached hydrogen (secondary N) is 2. The van der Waals surface area contributed by atoms with Gasteiger partial charge in [0.05, 0.1) is 30.1 Å². The van der Waals surface area contributed by atoms with Crippen LogP contribution in [0, 0.1) is 11.3 Å². The molecule has 35 heavy (non-hydrogen) atoms. The predicted octanol–water partition coefficient (Wildman–Crippen LogP) is 5.37. The van der Waals surface area contributed by atoms with Crippen LogP contribution in [0.25, 0.3) is 11.3 Å². The molecule has 0 saturated carbocycles. The molecule has 176 valence electrons. The first-order valence-corrected chi connectivity index (χ1v) is 11.9. The van der Waals surface area contributed by atoms with Crippen LogP contribution in [0.5, 0.6) is 0 Å².